The molecule has 0 saturated carbocycles. The van der Waals surface area contributed by atoms with Crippen LogP contribution in [-0.2, 0) is 6.42 Å². The van der Waals surface area contributed by atoms with Gasteiger partial charge in [0, 0.05) is 24.9 Å². The van der Waals surface area contributed by atoms with E-state index in [1.807, 2.05) is 24.3 Å². The summed E-state index contributed by atoms with van der Waals surface area (Å²) in [5.41, 5.74) is 3.32. The van der Waals surface area contributed by atoms with Crippen LogP contribution < -0.4 is 0 Å². The number of para-hydroxylation sites is 1. The smallest absolute Gasteiger partial charge is 0.312 e. The van der Waals surface area contributed by atoms with Crippen LogP contribution >= 0.6 is 11.3 Å². The molecule has 2 N–H and O–H groups in total. The average Bonchev–Trinajstić information content (AvgIpc) is 3.56. The standard InChI is InChI=1S/C19H14N8O2S/c28-19(17-26-25-16(29-17)10-7-22-23-8-10)27-6-5-12-14(21-9-20-12)15(27)18-24-11-3-1-2-4-13(11)30-18/h1-4,7-9,15H,5-6H2,(H,20,21)(H,22,23)/t15-/m0/s1. The number of carbonyl (C=O) groups is 1. The third kappa shape index (κ3) is 2.63. The Bertz CT molecular complexity index is 1320. The molecule has 10 nitrogen and oxygen atoms in total. The molecular formula is C19H14N8O2S. The van der Waals surface area contributed by atoms with Gasteiger partial charge in [-0.25, -0.2) is 9.97 Å². The van der Waals surface area contributed by atoms with Gasteiger partial charge in [0.1, 0.15) is 11.0 Å². The number of hydrogen-bond acceptors (Lipinski definition) is 8. The van der Waals surface area contributed by atoms with Crippen LogP contribution in [0.3, 0.4) is 0 Å². The monoisotopic (exact) mass is 418 g/mol. The molecule has 0 radical (unpaired) electrons. The van der Waals surface area contributed by atoms with E-state index in [1.54, 1.807) is 35.0 Å². The minimum atomic E-state index is -0.422. The van der Waals surface area contributed by atoms with Gasteiger partial charge >= 0.3 is 11.8 Å². The molecule has 6 rings (SSSR count). The maximum absolute atomic E-state index is 13.4. The molecule has 0 aliphatic carbocycles. The van der Waals surface area contributed by atoms with Crippen LogP contribution in [0.5, 0.6) is 0 Å². The van der Waals surface area contributed by atoms with Crippen molar-refractivity contribution in [3.05, 3.63) is 65.3 Å². The van der Waals surface area contributed by atoms with Crippen molar-refractivity contribution in [2.24, 2.45) is 0 Å². The fourth-order valence-corrected chi connectivity index (χ4v) is 4.75. The summed E-state index contributed by atoms with van der Waals surface area (Å²) in [4.78, 5) is 27.5. The fraction of sp³-hybridized carbons (Fsp3) is 0.158. The first-order valence-electron chi connectivity index (χ1n) is 9.29. The highest BCUT2D eigenvalue weighted by Crippen LogP contribution is 2.38. The number of rotatable bonds is 3. The first kappa shape index (κ1) is 17.0. The molecule has 148 valence electrons. The lowest BCUT2D eigenvalue weighted by molar-refractivity contribution is 0.0650. The van der Waals surface area contributed by atoms with Crippen LogP contribution in [0.1, 0.15) is 33.1 Å². The normalized spacial score (nSPS) is 16.1. The van der Waals surface area contributed by atoms with Gasteiger partial charge in [0.05, 0.1) is 34.0 Å². The quantitative estimate of drug-likeness (QED) is 0.460. The van der Waals surface area contributed by atoms with Crippen molar-refractivity contribution in [3.8, 4) is 11.5 Å². The molecule has 1 atom stereocenters. The van der Waals surface area contributed by atoms with Crippen LogP contribution in [-0.4, -0.2) is 52.7 Å². The second-order valence-corrected chi connectivity index (χ2v) is 7.90. The van der Waals surface area contributed by atoms with Gasteiger partial charge < -0.3 is 14.3 Å². The van der Waals surface area contributed by atoms with Crippen LogP contribution in [0.4, 0.5) is 0 Å². The lowest BCUT2D eigenvalue weighted by atomic mass is 10.0. The van der Waals surface area contributed by atoms with Crippen molar-refractivity contribution >= 4 is 27.5 Å². The molecule has 0 saturated heterocycles. The molecule has 0 spiro atoms. The Hall–Kier alpha value is -3.86. The van der Waals surface area contributed by atoms with Crippen molar-refractivity contribution in [2.75, 3.05) is 6.54 Å². The zero-order valence-corrected chi connectivity index (χ0v) is 16.3. The third-order valence-electron chi connectivity index (χ3n) is 5.08. The van der Waals surface area contributed by atoms with Gasteiger partial charge in [-0.1, -0.05) is 12.1 Å². The van der Waals surface area contributed by atoms with E-state index >= 15 is 0 Å². The molecule has 5 heterocycles. The summed E-state index contributed by atoms with van der Waals surface area (Å²) in [5, 5.41) is 15.3. The Morgan fingerprint density at radius 1 is 1.27 bits per heavy atom. The number of nitrogens with one attached hydrogen (secondary N) is 2. The van der Waals surface area contributed by atoms with Crippen molar-refractivity contribution < 1.29 is 9.21 Å². The number of thiazole rings is 1. The number of H-pyrrole nitrogens is 2. The lowest BCUT2D eigenvalue weighted by Gasteiger charge is -2.32. The summed E-state index contributed by atoms with van der Waals surface area (Å²) in [6.45, 7) is 0.484. The Balaban J connectivity index is 1.41. The zero-order valence-electron chi connectivity index (χ0n) is 15.4. The SMILES string of the molecule is O=C(c1nnc(-c2cn[nH]c2)o1)N1CCc2[nH]cnc2[C@H]1c1nc2ccccc2s1. The predicted octanol–water partition coefficient (Wildman–Crippen LogP) is 2.58. The maximum Gasteiger partial charge on any atom is 0.312 e. The maximum atomic E-state index is 13.4. The topological polar surface area (TPSA) is 129 Å². The number of amides is 1. The summed E-state index contributed by atoms with van der Waals surface area (Å²) < 4.78 is 6.69. The van der Waals surface area contributed by atoms with Crippen LogP contribution in [0.25, 0.3) is 21.7 Å². The summed E-state index contributed by atoms with van der Waals surface area (Å²) in [7, 11) is 0. The van der Waals surface area contributed by atoms with E-state index < -0.39 is 6.04 Å². The first-order valence-corrected chi connectivity index (χ1v) is 10.1. The Morgan fingerprint density at radius 3 is 3.07 bits per heavy atom. The predicted molar refractivity (Wildman–Crippen MR) is 107 cm³/mol. The number of imidazole rings is 1. The molecule has 1 aromatic carbocycles. The van der Waals surface area contributed by atoms with E-state index in [-0.39, 0.29) is 17.7 Å². The van der Waals surface area contributed by atoms with Crippen LogP contribution in [0, 0.1) is 0 Å². The Labute approximate surface area is 173 Å². The van der Waals surface area contributed by atoms with Crippen LogP contribution in [0.2, 0.25) is 0 Å². The molecule has 0 unspecified atom stereocenters. The fourth-order valence-electron chi connectivity index (χ4n) is 3.67. The molecule has 30 heavy (non-hydrogen) atoms. The second-order valence-electron chi connectivity index (χ2n) is 6.84. The van der Waals surface area contributed by atoms with E-state index in [0.29, 0.717) is 18.5 Å². The molecule has 11 heteroatoms. The average molecular weight is 418 g/mol. The first-order chi connectivity index (χ1) is 14.8. The molecule has 0 fully saturated rings. The number of benzene rings is 1. The van der Waals surface area contributed by atoms with Crippen molar-refractivity contribution in [1.29, 1.82) is 0 Å². The van der Waals surface area contributed by atoms with Crippen molar-refractivity contribution in [2.45, 2.75) is 12.5 Å². The lowest BCUT2D eigenvalue weighted by Crippen LogP contribution is -2.40. The molecule has 4 aromatic heterocycles. The van der Waals surface area contributed by atoms with Gasteiger partial charge in [-0.3, -0.25) is 9.89 Å². The number of nitrogens with zero attached hydrogens (tertiary/aromatic N) is 6. The Kier molecular flexibility index (Phi) is 3.74. The summed E-state index contributed by atoms with van der Waals surface area (Å²) in [6, 6.07) is 7.49. The van der Waals surface area contributed by atoms with Gasteiger partial charge in [0.2, 0.25) is 0 Å². The van der Waals surface area contributed by atoms with Gasteiger partial charge in [0.25, 0.3) is 5.89 Å². The third-order valence-corrected chi connectivity index (χ3v) is 6.17. The minimum Gasteiger partial charge on any atom is -0.412 e. The van der Waals surface area contributed by atoms with E-state index in [4.69, 9.17) is 9.40 Å². The van der Waals surface area contributed by atoms with Gasteiger partial charge in [0.15, 0.2) is 0 Å². The molecule has 1 aliphatic heterocycles. The van der Waals surface area contributed by atoms with E-state index in [1.165, 1.54) is 0 Å². The Morgan fingerprint density at radius 2 is 2.20 bits per heavy atom. The highest BCUT2D eigenvalue weighted by molar-refractivity contribution is 7.18. The molecule has 5 aromatic rings. The number of aromatic amines is 2. The second kappa shape index (κ2) is 6.59. The number of fused-ring (bicyclic) bond motifs is 2. The van der Waals surface area contributed by atoms with Crippen molar-refractivity contribution in [3.63, 3.8) is 0 Å². The molecular weight excluding hydrogens is 404 g/mol. The van der Waals surface area contributed by atoms with Gasteiger partial charge in [-0.15, -0.1) is 21.5 Å². The minimum absolute atomic E-state index is 0.0729. The number of aromatic nitrogens is 7. The highest BCUT2D eigenvalue weighted by Gasteiger charge is 2.38. The van der Waals surface area contributed by atoms with E-state index in [0.717, 1.165) is 26.6 Å². The van der Waals surface area contributed by atoms with Gasteiger partial charge in [-0.05, 0) is 12.1 Å². The number of carbonyl (C=O) groups excluding carboxylic acids is 1. The van der Waals surface area contributed by atoms with Crippen LogP contribution in [0.15, 0.2) is 47.4 Å². The van der Waals surface area contributed by atoms with Gasteiger partial charge in [-0.2, -0.15) is 5.10 Å². The summed E-state index contributed by atoms with van der Waals surface area (Å²) >= 11 is 1.55. The summed E-state index contributed by atoms with van der Waals surface area (Å²) in [6.07, 6.45) is 5.50. The zero-order chi connectivity index (χ0) is 20.1. The highest BCUT2D eigenvalue weighted by atomic mass is 32.1. The largest absolute Gasteiger partial charge is 0.412 e. The van der Waals surface area contributed by atoms with E-state index in [2.05, 4.69) is 30.4 Å². The summed E-state index contributed by atoms with van der Waals surface area (Å²) in [5.74, 6) is -0.187. The molecule has 1 amide bonds. The molecule has 0 bridgehead atoms. The van der Waals surface area contributed by atoms with Crippen molar-refractivity contribution in [1.82, 2.24) is 40.2 Å². The number of hydrogen-bond donors (Lipinski definition) is 2. The van der Waals surface area contributed by atoms with E-state index in [9.17, 15) is 4.79 Å². The molecule has 1 aliphatic rings.